The molecule has 1 aromatic heterocycles. The summed E-state index contributed by atoms with van der Waals surface area (Å²) in [5, 5.41) is 3.20. The van der Waals surface area contributed by atoms with Gasteiger partial charge in [0.15, 0.2) is 5.78 Å². The Balaban J connectivity index is 1.59. The second-order valence-corrected chi connectivity index (χ2v) is 7.26. The van der Waals surface area contributed by atoms with E-state index in [9.17, 15) is 18.8 Å². The third kappa shape index (κ3) is 3.88. The van der Waals surface area contributed by atoms with Crippen LogP contribution in [0.25, 0.3) is 0 Å². The minimum absolute atomic E-state index is 0.117. The van der Waals surface area contributed by atoms with Crippen molar-refractivity contribution in [2.45, 2.75) is 31.5 Å². The van der Waals surface area contributed by atoms with Gasteiger partial charge in [-0.1, -0.05) is 0 Å². The molecule has 2 aliphatic heterocycles. The molecule has 0 radical (unpaired) electrons. The molecule has 29 heavy (non-hydrogen) atoms. The van der Waals surface area contributed by atoms with Crippen molar-refractivity contribution < 1.29 is 18.8 Å². The van der Waals surface area contributed by atoms with Crippen molar-refractivity contribution in [3.8, 4) is 0 Å². The normalized spacial score (nSPS) is 21.8. The molecular weight excluding hydrogens is 375 g/mol. The van der Waals surface area contributed by atoms with Crippen LogP contribution in [-0.4, -0.2) is 57.7 Å². The van der Waals surface area contributed by atoms with Crippen molar-refractivity contribution in [2.24, 2.45) is 0 Å². The predicted molar refractivity (Wildman–Crippen MR) is 102 cm³/mol. The number of rotatable bonds is 5. The Morgan fingerprint density at radius 3 is 2.59 bits per heavy atom. The molecule has 2 aliphatic rings. The Hall–Kier alpha value is -3.13. The summed E-state index contributed by atoms with van der Waals surface area (Å²) in [6, 6.07) is 7.35. The van der Waals surface area contributed by atoms with E-state index in [-0.39, 0.29) is 30.8 Å². The number of hydrogen-bond donors (Lipinski definition) is 1. The highest BCUT2D eigenvalue weighted by Gasteiger charge is 2.47. The van der Waals surface area contributed by atoms with E-state index in [1.165, 1.54) is 34.1 Å². The molecule has 3 heterocycles. The Morgan fingerprint density at radius 2 is 1.86 bits per heavy atom. The minimum atomic E-state index is -0.538. The molecule has 1 N–H and O–H groups in total. The fourth-order valence-corrected chi connectivity index (χ4v) is 3.90. The quantitative estimate of drug-likeness (QED) is 0.782. The lowest BCUT2D eigenvalue weighted by molar-refractivity contribution is -0.137. The molecule has 2 unspecified atom stereocenters. The number of aromatic nitrogens is 1. The number of fused-ring (bicyclic) bond motifs is 1. The molecule has 2 saturated heterocycles. The lowest BCUT2D eigenvalue weighted by Crippen LogP contribution is -2.69. The van der Waals surface area contributed by atoms with Crippen LogP contribution in [0.3, 0.4) is 0 Å². The fourth-order valence-electron chi connectivity index (χ4n) is 3.90. The van der Waals surface area contributed by atoms with Gasteiger partial charge in [-0.15, -0.1) is 0 Å². The zero-order valence-corrected chi connectivity index (χ0v) is 15.8. The minimum Gasteiger partial charge on any atom is -0.311 e. The molecule has 7 nitrogen and oxygen atoms in total. The Morgan fingerprint density at radius 1 is 1.14 bits per heavy atom. The number of amides is 3. The molecule has 0 aliphatic carbocycles. The van der Waals surface area contributed by atoms with Crippen molar-refractivity contribution in [2.75, 3.05) is 13.1 Å². The van der Waals surface area contributed by atoms with Gasteiger partial charge in [0.25, 0.3) is 0 Å². The summed E-state index contributed by atoms with van der Waals surface area (Å²) in [7, 11) is 0. The second kappa shape index (κ2) is 8.08. The van der Waals surface area contributed by atoms with Crippen LogP contribution in [0, 0.1) is 5.82 Å². The Kier molecular flexibility index (Phi) is 5.35. The van der Waals surface area contributed by atoms with Crippen molar-refractivity contribution >= 4 is 17.7 Å². The van der Waals surface area contributed by atoms with Crippen LogP contribution in [-0.2, 0) is 11.3 Å². The predicted octanol–water partition coefficient (Wildman–Crippen LogP) is 1.99. The number of piperidine rings is 1. The molecule has 0 spiro atoms. The van der Waals surface area contributed by atoms with Gasteiger partial charge >= 0.3 is 6.03 Å². The highest BCUT2D eigenvalue weighted by atomic mass is 19.1. The molecule has 1 aromatic carbocycles. The fraction of sp³-hybridized carbons (Fsp3) is 0.333. The van der Waals surface area contributed by atoms with Gasteiger partial charge in [-0.2, -0.15) is 0 Å². The summed E-state index contributed by atoms with van der Waals surface area (Å²) in [6.07, 6.45) is 4.67. The van der Waals surface area contributed by atoms with Gasteiger partial charge in [0, 0.05) is 18.0 Å². The van der Waals surface area contributed by atoms with Gasteiger partial charge in [-0.05, 0) is 61.3 Å². The van der Waals surface area contributed by atoms with E-state index < -0.39 is 17.9 Å². The van der Waals surface area contributed by atoms with Crippen molar-refractivity contribution in [3.63, 3.8) is 0 Å². The standard InChI is InChI=1S/C21H21FN4O3/c22-16-5-3-15(4-6-16)18(27)13-25-17-2-1-9-24-19(17)20(28)26(21(25)29)12-14-7-10-23-11-8-14/h3-8,10-11,17,19,24H,1-2,9,12-13H2. The Bertz CT molecular complexity index is 919. The largest absolute Gasteiger partial charge is 0.327 e. The smallest absolute Gasteiger partial charge is 0.311 e. The summed E-state index contributed by atoms with van der Waals surface area (Å²) in [5.74, 6) is -0.996. The average molecular weight is 396 g/mol. The van der Waals surface area contributed by atoms with E-state index in [2.05, 4.69) is 10.3 Å². The van der Waals surface area contributed by atoms with E-state index in [1.807, 2.05) is 0 Å². The molecule has 150 valence electrons. The number of hydrogen-bond acceptors (Lipinski definition) is 5. The average Bonchev–Trinajstić information content (AvgIpc) is 2.75. The molecule has 8 heteroatoms. The summed E-state index contributed by atoms with van der Waals surface area (Å²) in [4.78, 5) is 45.5. The van der Waals surface area contributed by atoms with Crippen LogP contribution in [0.15, 0.2) is 48.8 Å². The monoisotopic (exact) mass is 396 g/mol. The van der Waals surface area contributed by atoms with E-state index in [0.29, 0.717) is 18.5 Å². The van der Waals surface area contributed by atoms with Gasteiger partial charge in [-0.25, -0.2) is 9.18 Å². The number of pyridine rings is 1. The number of halogens is 1. The summed E-state index contributed by atoms with van der Waals surface area (Å²) < 4.78 is 13.2. The summed E-state index contributed by atoms with van der Waals surface area (Å²) in [6.45, 7) is 0.643. The zero-order chi connectivity index (χ0) is 20.4. The first kappa shape index (κ1) is 19.2. The number of nitrogens with zero attached hydrogens (tertiary/aromatic N) is 3. The second-order valence-electron chi connectivity index (χ2n) is 7.26. The number of imide groups is 1. The zero-order valence-electron chi connectivity index (χ0n) is 15.8. The van der Waals surface area contributed by atoms with Crippen LogP contribution in [0.1, 0.15) is 28.8 Å². The van der Waals surface area contributed by atoms with Gasteiger partial charge in [0.1, 0.15) is 11.9 Å². The van der Waals surface area contributed by atoms with Crippen molar-refractivity contribution in [1.29, 1.82) is 0 Å². The number of carbonyl (C=O) groups is 3. The van der Waals surface area contributed by atoms with Gasteiger partial charge in [0.2, 0.25) is 5.91 Å². The number of carbonyl (C=O) groups excluding carboxylic acids is 3. The van der Waals surface area contributed by atoms with Crippen LogP contribution < -0.4 is 5.32 Å². The summed E-state index contributed by atoms with van der Waals surface area (Å²) >= 11 is 0. The number of nitrogens with one attached hydrogen (secondary N) is 1. The number of ketones is 1. The molecule has 2 aromatic rings. The maximum atomic E-state index is 13.2. The van der Waals surface area contributed by atoms with Crippen molar-refractivity contribution in [3.05, 3.63) is 65.7 Å². The van der Waals surface area contributed by atoms with Gasteiger partial charge < -0.3 is 10.2 Å². The molecule has 2 atom stereocenters. The molecule has 4 rings (SSSR count). The number of benzene rings is 1. The van der Waals surface area contributed by atoms with Gasteiger partial charge in [0.05, 0.1) is 19.1 Å². The molecular formula is C21H21FN4O3. The number of urea groups is 1. The SMILES string of the molecule is O=C(CN1C(=O)N(Cc2ccncc2)C(=O)C2NCCCC21)c1ccc(F)cc1. The third-order valence-corrected chi connectivity index (χ3v) is 5.40. The van der Waals surface area contributed by atoms with E-state index in [4.69, 9.17) is 0 Å². The van der Waals surface area contributed by atoms with Crippen LogP contribution in [0.4, 0.5) is 9.18 Å². The highest BCUT2D eigenvalue weighted by Crippen LogP contribution is 2.26. The third-order valence-electron chi connectivity index (χ3n) is 5.40. The maximum absolute atomic E-state index is 13.2. The number of Topliss-reactive ketones (excluding diaryl/α,β-unsaturated/α-hetero) is 1. The molecule has 0 bridgehead atoms. The van der Waals surface area contributed by atoms with Crippen LogP contribution in [0.2, 0.25) is 0 Å². The first-order valence-electron chi connectivity index (χ1n) is 9.57. The molecule has 3 amide bonds. The van der Waals surface area contributed by atoms with E-state index in [0.717, 1.165) is 12.0 Å². The molecule has 0 saturated carbocycles. The van der Waals surface area contributed by atoms with Crippen LogP contribution >= 0.6 is 0 Å². The van der Waals surface area contributed by atoms with Gasteiger partial charge in [-0.3, -0.25) is 19.5 Å². The first-order valence-corrected chi connectivity index (χ1v) is 9.57. The topological polar surface area (TPSA) is 82.6 Å². The lowest BCUT2D eigenvalue weighted by Gasteiger charge is -2.46. The first-order chi connectivity index (χ1) is 14.0. The maximum Gasteiger partial charge on any atom is 0.327 e. The Labute approximate surface area is 167 Å². The lowest BCUT2D eigenvalue weighted by atomic mass is 9.92. The van der Waals surface area contributed by atoms with E-state index >= 15 is 0 Å². The van der Waals surface area contributed by atoms with E-state index in [1.54, 1.807) is 24.5 Å². The highest BCUT2D eigenvalue weighted by molar-refractivity contribution is 6.04. The van der Waals surface area contributed by atoms with Crippen LogP contribution in [0.5, 0.6) is 0 Å². The molecule has 2 fully saturated rings. The van der Waals surface area contributed by atoms with Crippen molar-refractivity contribution in [1.82, 2.24) is 20.1 Å². The summed E-state index contributed by atoms with van der Waals surface area (Å²) in [5.41, 5.74) is 1.11.